The van der Waals surface area contributed by atoms with Gasteiger partial charge in [-0.15, -0.1) is 0 Å². The van der Waals surface area contributed by atoms with E-state index in [1.165, 1.54) is 5.56 Å². The van der Waals surface area contributed by atoms with Crippen LogP contribution in [0.25, 0.3) is 0 Å². The van der Waals surface area contributed by atoms with Crippen molar-refractivity contribution in [3.05, 3.63) is 47.2 Å². The van der Waals surface area contributed by atoms with E-state index >= 15 is 0 Å². The topological polar surface area (TPSA) is 64.3 Å². The Hall–Kier alpha value is -2.14. The predicted octanol–water partition coefficient (Wildman–Crippen LogP) is 3.28. The van der Waals surface area contributed by atoms with Crippen LogP contribution in [-0.2, 0) is 4.74 Å². The van der Waals surface area contributed by atoms with Crippen LogP contribution >= 0.6 is 0 Å². The first-order chi connectivity index (χ1) is 11.5. The Morgan fingerprint density at radius 1 is 1.12 bits per heavy atom. The highest BCUT2D eigenvalue weighted by atomic mass is 16.5. The fourth-order valence-electron chi connectivity index (χ4n) is 3.12. The minimum atomic E-state index is 0.0308. The van der Waals surface area contributed by atoms with E-state index in [4.69, 9.17) is 10.5 Å². The molecule has 0 unspecified atom stereocenters. The molecule has 3 rings (SSSR count). The van der Waals surface area contributed by atoms with Gasteiger partial charge in [0.05, 0.1) is 6.10 Å². The Morgan fingerprint density at radius 3 is 2.50 bits per heavy atom. The van der Waals surface area contributed by atoms with Crippen molar-refractivity contribution in [1.29, 1.82) is 0 Å². The number of aromatic nitrogens is 2. The van der Waals surface area contributed by atoms with Crippen LogP contribution in [0.2, 0.25) is 0 Å². The third-order valence-corrected chi connectivity index (χ3v) is 4.72. The van der Waals surface area contributed by atoms with Crippen LogP contribution in [0.1, 0.15) is 36.8 Å². The normalized spacial score (nSPS) is 21.3. The number of hydrogen-bond donors (Lipinski definition) is 1. The number of morpholine rings is 1. The SMILES string of the molecule is Cc1nc(N)nc(N2C[C@@H](c3ccccc3)O[C@@H](C(C)C)C2)c1C. The van der Waals surface area contributed by atoms with Gasteiger partial charge in [-0.2, -0.15) is 4.98 Å². The average molecular weight is 326 g/mol. The lowest BCUT2D eigenvalue weighted by Gasteiger charge is -2.41. The minimum absolute atomic E-state index is 0.0308. The van der Waals surface area contributed by atoms with Gasteiger partial charge in [-0.05, 0) is 25.3 Å². The predicted molar refractivity (Wildman–Crippen MR) is 97.0 cm³/mol. The van der Waals surface area contributed by atoms with Crippen molar-refractivity contribution >= 4 is 11.8 Å². The molecule has 128 valence electrons. The Morgan fingerprint density at radius 2 is 1.83 bits per heavy atom. The van der Waals surface area contributed by atoms with Crippen molar-refractivity contribution in [2.45, 2.75) is 39.9 Å². The first-order valence-electron chi connectivity index (χ1n) is 8.51. The highest BCUT2D eigenvalue weighted by Gasteiger charge is 2.32. The van der Waals surface area contributed by atoms with Crippen molar-refractivity contribution in [3.8, 4) is 0 Å². The lowest BCUT2D eigenvalue weighted by atomic mass is 10.0. The molecule has 0 saturated carbocycles. The van der Waals surface area contributed by atoms with Crippen LogP contribution in [0, 0.1) is 19.8 Å². The van der Waals surface area contributed by atoms with E-state index in [1.807, 2.05) is 13.0 Å². The zero-order chi connectivity index (χ0) is 17.3. The van der Waals surface area contributed by atoms with E-state index in [0.717, 1.165) is 30.2 Å². The molecule has 5 nitrogen and oxygen atoms in total. The molecule has 0 bridgehead atoms. The molecule has 2 heterocycles. The molecule has 0 amide bonds. The summed E-state index contributed by atoms with van der Waals surface area (Å²) in [6.45, 7) is 10.0. The maximum atomic E-state index is 6.37. The summed E-state index contributed by atoms with van der Waals surface area (Å²) < 4.78 is 6.37. The zero-order valence-corrected chi connectivity index (χ0v) is 14.9. The van der Waals surface area contributed by atoms with E-state index < -0.39 is 0 Å². The highest BCUT2D eigenvalue weighted by Crippen LogP contribution is 2.32. The van der Waals surface area contributed by atoms with Gasteiger partial charge in [0.25, 0.3) is 0 Å². The molecule has 1 aromatic carbocycles. The third kappa shape index (κ3) is 3.36. The molecule has 1 aromatic heterocycles. The van der Waals surface area contributed by atoms with Crippen LogP contribution in [0.15, 0.2) is 30.3 Å². The van der Waals surface area contributed by atoms with Gasteiger partial charge in [-0.3, -0.25) is 0 Å². The fourth-order valence-corrected chi connectivity index (χ4v) is 3.12. The maximum Gasteiger partial charge on any atom is 0.222 e. The number of aryl methyl sites for hydroxylation is 1. The smallest absolute Gasteiger partial charge is 0.222 e. The zero-order valence-electron chi connectivity index (χ0n) is 14.9. The van der Waals surface area contributed by atoms with Crippen LogP contribution in [0.4, 0.5) is 11.8 Å². The summed E-state index contributed by atoms with van der Waals surface area (Å²) in [5.74, 6) is 1.69. The fraction of sp³-hybridized carbons (Fsp3) is 0.474. The van der Waals surface area contributed by atoms with Gasteiger partial charge in [-0.25, -0.2) is 4.98 Å². The molecule has 0 aliphatic carbocycles. The molecule has 1 aliphatic heterocycles. The summed E-state index contributed by atoms with van der Waals surface area (Å²) in [5.41, 5.74) is 9.11. The van der Waals surface area contributed by atoms with E-state index in [9.17, 15) is 0 Å². The Kier molecular flexibility index (Phi) is 4.71. The molecule has 5 heteroatoms. The Balaban J connectivity index is 1.95. The number of nitrogen functional groups attached to an aromatic ring is 1. The largest absolute Gasteiger partial charge is 0.368 e. The Bertz CT molecular complexity index is 702. The molecule has 1 fully saturated rings. The molecular formula is C19H26N4O. The van der Waals surface area contributed by atoms with Gasteiger partial charge in [0.15, 0.2) is 0 Å². The van der Waals surface area contributed by atoms with Gasteiger partial charge >= 0.3 is 0 Å². The highest BCUT2D eigenvalue weighted by molar-refractivity contribution is 5.51. The summed E-state index contributed by atoms with van der Waals surface area (Å²) in [6, 6.07) is 10.4. The lowest BCUT2D eigenvalue weighted by molar-refractivity contribution is -0.0501. The van der Waals surface area contributed by atoms with Crippen LogP contribution < -0.4 is 10.6 Å². The van der Waals surface area contributed by atoms with Crippen molar-refractivity contribution in [3.63, 3.8) is 0 Å². The first kappa shape index (κ1) is 16.7. The quantitative estimate of drug-likeness (QED) is 0.938. The van der Waals surface area contributed by atoms with E-state index in [1.54, 1.807) is 0 Å². The third-order valence-electron chi connectivity index (χ3n) is 4.72. The number of anilines is 2. The van der Waals surface area contributed by atoms with Gasteiger partial charge in [-0.1, -0.05) is 44.2 Å². The Labute approximate surface area is 143 Å². The molecular weight excluding hydrogens is 300 g/mol. The second kappa shape index (κ2) is 6.77. The number of benzene rings is 1. The second-order valence-corrected chi connectivity index (χ2v) is 6.84. The van der Waals surface area contributed by atoms with Crippen LogP contribution in [0.5, 0.6) is 0 Å². The summed E-state index contributed by atoms with van der Waals surface area (Å²) in [4.78, 5) is 11.1. The molecule has 2 N–H and O–H groups in total. The number of nitrogens with two attached hydrogens (primary N) is 1. The molecule has 1 saturated heterocycles. The summed E-state index contributed by atoms with van der Waals surface area (Å²) in [6.07, 6.45) is 0.183. The van der Waals surface area contributed by atoms with Crippen LogP contribution in [0.3, 0.4) is 0 Å². The van der Waals surface area contributed by atoms with E-state index in [-0.39, 0.29) is 12.2 Å². The van der Waals surface area contributed by atoms with Crippen molar-refractivity contribution < 1.29 is 4.74 Å². The van der Waals surface area contributed by atoms with Crippen molar-refractivity contribution in [2.75, 3.05) is 23.7 Å². The van der Waals surface area contributed by atoms with Crippen molar-refractivity contribution in [2.24, 2.45) is 5.92 Å². The van der Waals surface area contributed by atoms with E-state index in [2.05, 4.69) is 59.9 Å². The molecule has 24 heavy (non-hydrogen) atoms. The molecule has 0 spiro atoms. The van der Waals surface area contributed by atoms with Gasteiger partial charge < -0.3 is 15.4 Å². The second-order valence-electron chi connectivity index (χ2n) is 6.84. The number of ether oxygens (including phenoxy) is 1. The first-order valence-corrected chi connectivity index (χ1v) is 8.51. The summed E-state index contributed by atoms with van der Waals surface area (Å²) >= 11 is 0. The standard InChI is InChI=1S/C19H26N4O/c1-12(2)16-10-23(18-13(3)14(4)21-19(20)22-18)11-17(24-16)15-8-6-5-7-9-15/h5-9,12,16-17H,10-11H2,1-4H3,(H2,20,21,22)/t16-,17+/m1/s1. The monoisotopic (exact) mass is 326 g/mol. The molecule has 0 radical (unpaired) electrons. The minimum Gasteiger partial charge on any atom is -0.368 e. The number of hydrogen-bond acceptors (Lipinski definition) is 5. The number of nitrogens with zero attached hydrogens (tertiary/aromatic N) is 3. The maximum absolute atomic E-state index is 6.37. The molecule has 2 atom stereocenters. The number of rotatable bonds is 3. The summed E-state index contributed by atoms with van der Waals surface area (Å²) in [7, 11) is 0. The summed E-state index contributed by atoms with van der Waals surface area (Å²) in [5, 5.41) is 0. The van der Waals surface area contributed by atoms with Gasteiger partial charge in [0, 0.05) is 24.3 Å². The molecule has 1 aliphatic rings. The van der Waals surface area contributed by atoms with Crippen molar-refractivity contribution in [1.82, 2.24) is 9.97 Å². The average Bonchev–Trinajstić information content (AvgIpc) is 2.58. The van der Waals surface area contributed by atoms with Gasteiger partial charge in [0.2, 0.25) is 5.95 Å². The molecule has 2 aromatic rings. The van der Waals surface area contributed by atoms with Crippen LogP contribution in [-0.4, -0.2) is 29.2 Å². The van der Waals surface area contributed by atoms with E-state index in [0.29, 0.717) is 11.9 Å². The lowest BCUT2D eigenvalue weighted by Crippen LogP contribution is -2.47. The van der Waals surface area contributed by atoms with Gasteiger partial charge in [0.1, 0.15) is 11.9 Å².